The van der Waals surface area contributed by atoms with E-state index >= 15 is 0 Å². The molecule has 0 aromatic carbocycles. The van der Waals surface area contributed by atoms with Crippen molar-refractivity contribution in [3.05, 3.63) is 18.1 Å². The number of rotatable bonds is 8. The van der Waals surface area contributed by atoms with Crippen molar-refractivity contribution in [3.8, 4) is 0 Å². The lowest BCUT2D eigenvalue weighted by Gasteiger charge is -2.25. The van der Waals surface area contributed by atoms with Gasteiger partial charge in [0.1, 0.15) is 12.1 Å². The summed E-state index contributed by atoms with van der Waals surface area (Å²) in [6, 6.07) is 2.05. The molecule has 0 fully saturated rings. The van der Waals surface area contributed by atoms with Crippen LogP contribution in [0.5, 0.6) is 0 Å². The van der Waals surface area contributed by atoms with E-state index in [-0.39, 0.29) is 5.84 Å². The molecule has 0 radical (unpaired) electrons. The van der Waals surface area contributed by atoms with E-state index in [0.29, 0.717) is 12.3 Å². The number of hydrogen-bond acceptors (Lipinski definition) is 4. The van der Waals surface area contributed by atoms with Crippen molar-refractivity contribution in [1.82, 2.24) is 9.97 Å². The predicted molar refractivity (Wildman–Crippen MR) is 79.6 cm³/mol. The first-order valence-corrected chi connectivity index (χ1v) is 6.91. The van der Waals surface area contributed by atoms with Gasteiger partial charge in [-0.05, 0) is 12.3 Å². The maximum Gasteiger partial charge on any atom is 0.132 e. The third-order valence-corrected chi connectivity index (χ3v) is 2.78. The molecule has 1 aromatic heterocycles. The normalized spacial score (nSPS) is 10.7. The zero-order valence-electron chi connectivity index (χ0n) is 12.2. The van der Waals surface area contributed by atoms with Crippen LogP contribution in [0.1, 0.15) is 39.3 Å². The van der Waals surface area contributed by atoms with Gasteiger partial charge in [-0.15, -0.1) is 0 Å². The Balaban J connectivity index is 2.82. The third kappa shape index (κ3) is 5.68. The second-order valence-corrected chi connectivity index (χ2v) is 5.23. The molecule has 106 valence electrons. The maximum absolute atomic E-state index is 7.36. The summed E-state index contributed by atoms with van der Waals surface area (Å²) in [6.07, 6.45) is 4.24. The number of aryl methyl sites for hydroxylation is 1. The lowest BCUT2D eigenvalue weighted by atomic mass is 10.2. The number of anilines is 1. The molecule has 0 aliphatic rings. The van der Waals surface area contributed by atoms with Crippen molar-refractivity contribution >= 4 is 11.7 Å². The zero-order valence-corrected chi connectivity index (χ0v) is 12.2. The molecule has 0 aliphatic heterocycles. The van der Waals surface area contributed by atoms with E-state index in [1.54, 1.807) is 6.33 Å². The van der Waals surface area contributed by atoms with Crippen LogP contribution in [0.25, 0.3) is 0 Å². The molecular weight excluding hydrogens is 238 g/mol. The molecule has 19 heavy (non-hydrogen) atoms. The Morgan fingerprint density at radius 2 is 2.16 bits per heavy atom. The Bertz CT molecular complexity index is 403. The maximum atomic E-state index is 7.36. The summed E-state index contributed by atoms with van der Waals surface area (Å²) in [7, 11) is 0. The lowest BCUT2D eigenvalue weighted by Crippen LogP contribution is -2.32. The molecule has 0 bridgehead atoms. The number of hydrogen-bond donors (Lipinski definition) is 2. The van der Waals surface area contributed by atoms with E-state index in [1.165, 1.54) is 0 Å². The van der Waals surface area contributed by atoms with Gasteiger partial charge in [0, 0.05) is 31.3 Å². The van der Waals surface area contributed by atoms with Gasteiger partial charge < -0.3 is 10.6 Å². The molecule has 0 saturated carbocycles. The molecule has 0 aliphatic carbocycles. The third-order valence-electron chi connectivity index (χ3n) is 2.78. The highest BCUT2D eigenvalue weighted by Crippen LogP contribution is 2.14. The Hall–Kier alpha value is -1.65. The Kier molecular flexibility index (Phi) is 6.25. The molecule has 0 unspecified atom stereocenters. The van der Waals surface area contributed by atoms with Gasteiger partial charge in [-0.3, -0.25) is 5.41 Å². The van der Waals surface area contributed by atoms with Gasteiger partial charge in [0.05, 0.1) is 5.84 Å². The van der Waals surface area contributed by atoms with Gasteiger partial charge in [-0.2, -0.15) is 0 Å². The van der Waals surface area contributed by atoms with Crippen LogP contribution in [0.3, 0.4) is 0 Å². The topological polar surface area (TPSA) is 78.9 Å². The first kappa shape index (κ1) is 15.4. The van der Waals surface area contributed by atoms with Crippen molar-refractivity contribution in [2.45, 2.75) is 40.0 Å². The first-order chi connectivity index (χ1) is 9.02. The number of amidine groups is 1. The van der Waals surface area contributed by atoms with Crippen molar-refractivity contribution in [1.29, 1.82) is 5.41 Å². The van der Waals surface area contributed by atoms with E-state index in [1.807, 2.05) is 6.07 Å². The highest BCUT2D eigenvalue weighted by atomic mass is 15.2. The molecule has 5 nitrogen and oxygen atoms in total. The number of nitrogens with one attached hydrogen (secondary N) is 1. The van der Waals surface area contributed by atoms with E-state index in [9.17, 15) is 0 Å². The second-order valence-electron chi connectivity index (χ2n) is 5.23. The molecule has 0 saturated heterocycles. The molecule has 0 amide bonds. The van der Waals surface area contributed by atoms with E-state index in [4.69, 9.17) is 11.1 Å². The summed E-state index contributed by atoms with van der Waals surface area (Å²) in [5, 5.41) is 7.36. The second kappa shape index (κ2) is 7.71. The molecular formula is C14H25N5. The molecule has 1 heterocycles. The Morgan fingerprint density at radius 1 is 1.42 bits per heavy atom. The molecule has 1 rings (SSSR count). The summed E-state index contributed by atoms with van der Waals surface area (Å²) in [6.45, 7) is 8.14. The van der Waals surface area contributed by atoms with Gasteiger partial charge in [0.25, 0.3) is 0 Å². The van der Waals surface area contributed by atoms with Crippen LogP contribution >= 0.6 is 0 Å². The number of aromatic nitrogens is 2. The van der Waals surface area contributed by atoms with Crippen LogP contribution in [0.2, 0.25) is 0 Å². The largest absolute Gasteiger partial charge is 0.388 e. The van der Waals surface area contributed by atoms with Crippen LogP contribution < -0.4 is 10.6 Å². The summed E-state index contributed by atoms with van der Waals surface area (Å²) < 4.78 is 0. The van der Waals surface area contributed by atoms with Crippen molar-refractivity contribution in [2.75, 3.05) is 18.0 Å². The minimum absolute atomic E-state index is 0.219. The van der Waals surface area contributed by atoms with Crippen LogP contribution in [0.4, 0.5) is 5.82 Å². The molecule has 0 spiro atoms. The summed E-state index contributed by atoms with van der Waals surface area (Å²) >= 11 is 0. The number of nitrogens with zero attached hydrogens (tertiary/aromatic N) is 3. The van der Waals surface area contributed by atoms with E-state index in [2.05, 4.69) is 35.6 Å². The fourth-order valence-electron chi connectivity index (χ4n) is 1.95. The minimum Gasteiger partial charge on any atom is -0.388 e. The highest BCUT2D eigenvalue weighted by Gasteiger charge is 2.11. The zero-order chi connectivity index (χ0) is 14.3. The quantitative estimate of drug-likeness (QED) is 0.557. The Labute approximate surface area is 115 Å². The molecule has 0 atom stereocenters. The fraction of sp³-hybridized carbons (Fsp3) is 0.643. The van der Waals surface area contributed by atoms with Crippen LogP contribution in [0.15, 0.2) is 12.4 Å². The first-order valence-electron chi connectivity index (χ1n) is 6.91. The summed E-state index contributed by atoms with van der Waals surface area (Å²) in [5.41, 5.74) is 6.52. The van der Waals surface area contributed by atoms with E-state index in [0.717, 1.165) is 37.4 Å². The standard InChI is InChI=1S/C14H25N5/c1-4-5-12-8-14(18-10-17-12)19(9-11(2)3)7-6-13(15)16/h8,10-11H,4-7,9H2,1-3H3,(H3,15,16). The SMILES string of the molecule is CCCc1cc(N(CCC(=N)N)CC(C)C)ncn1. The van der Waals surface area contributed by atoms with Gasteiger partial charge in [-0.1, -0.05) is 27.2 Å². The smallest absolute Gasteiger partial charge is 0.132 e. The molecule has 5 heteroatoms. The van der Waals surface area contributed by atoms with Gasteiger partial charge >= 0.3 is 0 Å². The summed E-state index contributed by atoms with van der Waals surface area (Å²) in [4.78, 5) is 10.8. The average molecular weight is 263 g/mol. The minimum atomic E-state index is 0.219. The van der Waals surface area contributed by atoms with Gasteiger partial charge in [-0.25, -0.2) is 9.97 Å². The van der Waals surface area contributed by atoms with Crippen LogP contribution in [0, 0.1) is 11.3 Å². The van der Waals surface area contributed by atoms with Crippen molar-refractivity contribution in [2.24, 2.45) is 11.7 Å². The van der Waals surface area contributed by atoms with Crippen LogP contribution in [-0.4, -0.2) is 28.9 Å². The van der Waals surface area contributed by atoms with Gasteiger partial charge in [0.2, 0.25) is 0 Å². The Morgan fingerprint density at radius 3 is 2.74 bits per heavy atom. The van der Waals surface area contributed by atoms with Crippen LogP contribution in [-0.2, 0) is 6.42 Å². The molecule has 1 aromatic rings. The highest BCUT2D eigenvalue weighted by molar-refractivity contribution is 5.77. The monoisotopic (exact) mass is 263 g/mol. The van der Waals surface area contributed by atoms with E-state index < -0.39 is 0 Å². The van der Waals surface area contributed by atoms with Crippen molar-refractivity contribution < 1.29 is 0 Å². The predicted octanol–water partition coefficient (Wildman–Crippen LogP) is 2.22. The summed E-state index contributed by atoms with van der Waals surface area (Å²) in [5.74, 6) is 1.70. The molecule has 3 N–H and O–H groups in total. The fourth-order valence-corrected chi connectivity index (χ4v) is 1.95. The average Bonchev–Trinajstić information content (AvgIpc) is 2.34. The lowest BCUT2D eigenvalue weighted by molar-refractivity contribution is 0.607. The van der Waals surface area contributed by atoms with Gasteiger partial charge in [0.15, 0.2) is 0 Å². The van der Waals surface area contributed by atoms with Crippen molar-refractivity contribution in [3.63, 3.8) is 0 Å². The number of nitrogens with two attached hydrogens (primary N) is 1.